The fourth-order valence-corrected chi connectivity index (χ4v) is 0.0481. The fraction of sp³-hybridized carbons (Fsp3) is 0. The molecule has 1 heterocycles. The van der Waals surface area contributed by atoms with Gasteiger partial charge in [0.25, 0.3) is 0 Å². The Hall–Kier alpha value is -0.0551. The summed E-state index contributed by atoms with van der Waals surface area (Å²) < 4.78 is 8.25. The zero-order valence-electron chi connectivity index (χ0n) is 1.89. The van der Waals surface area contributed by atoms with Gasteiger partial charge in [-0.3, -0.25) is 0 Å². The molecule has 0 aliphatic carbocycles. The lowest BCUT2D eigenvalue weighted by Gasteiger charge is -2.08. The summed E-state index contributed by atoms with van der Waals surface area (Å²) in [6.45, 7) is 0. The third-order valence-electron chi connectivity index (χ3n) is 0.192. The van der Waals surface area contributed by atoms with Gasteiger partial charge in [0.15, 0.2) is 0 Å². The Labute approximate surface area is 24.1 Å². The van der Waals surface area contributed by atoms with E-state index in [9.17, 15) is 0 Å². The van der Waals surface area contributed by atoms with Crippen LogP contribution >= 0.6 is 0 Å². The largest absolute Gasteiger partial charge is 0.528 e. The molecule has 1 N–H and O–H groups in total. The molecule has 1 saturated heterocycles. The molecule has 1 fully saturated rings. The first-order chi connectivity index (χ1) is 2.00. The van der Waals surface area contributed by atoms with Gasteiger partial charge in [-0.2, -0.15) is 0 Å². The Balaban J connectivity index is 2.00. The maximum absolute atomic E-state index is 4.12. The van der Waals surface area contributed by atoms with E-state index >= 15 is 0 Å². The van der Waals surface area contributed by atoms with Crippen LogP contribution in [0.3, 0.4) is 0 Å². The van der Waals surface area contributed by atoms with Gasteiger partial charge in [-0.15, -0.1) is 5.64 Å². The summed E-state index contributed by atoms with van der Waals surface area (Å²) in [6.07, 6.45) is 0. The summed E-state index contributed by atoms with van der Waals surface area (Å²) in [6, 6.07) is 0. The second-order valence-corrected chi connectivity index (χ2v) is 0.415. The average Bonchev–Trinajstić information content (AvgIpc) is 0.722. The van der Waals surface area contributed by atoms with Gasteiger partial charge in [0.1, 0.15) is 0 Å². The van der Waals surface area contributed by atoms with Crippen molar-refractivity contribution < 1.29 is 9.51 Å². The van der Waals surface area contributed by atoms with Crippen LogP contribution in [0.15, 0.2) is 0 Å². The Morgan fingerprint density at radius 3 is 1.75 bits per heavy atom. The van der Waals surface area contributed by atoms with Crippen LogP contribution in [0, 0.1) is 0 Å². The minimum Gasteiger partial charge on any atom is -0.305 e. The first-order valence-corrected chi connectivity index (χ1v) is 0.880. The van der Waals surface area contributed by atoms with E-state index in [1.807, 2.05) is 0 Å². The highest BCUT2D eigenvalue weighted by atomic mass is 17.0. The standard InChI is InChI=1S/BHNO2/c1-3-2-4-1/h2H. The second kappa shape index (κ2) is 0.716. The Kier molecular flexibility index (Phi) is 0.393. The van der Waals surface area contributed by atoms with Crippen LogP contribution in [0.4, 0.5) is 0 Å². The molecule has 1 rings (SSSR count). The van der Waals surface area contributed by atoms with Gasteiger partial charge in [-0.05, 0) is 0 Å². The van der Waals surface area contributed by atoms with Gasteiger partial charge in [-0.1, -0.05) is 0 Å². The molecule has 1 aliphatic heterocycles. The second-order valence-electron chi connectivity index (χ2n) is 0.415. The van der Waals surface area contributed by atoms with Crippen LogP contribution in [0.5, 0.6) is 0 Å². The van der Waals surface area contributed by atoms with E-state index in [-0.39, 0.29) is 0 Å². The minimum atomic E-state index is 1.19. The highest BCUT2D eigenvalue weighted by molar-refractivity contribution is 6.19. The van der Waals surface area contributed by atoms with Gasteiger partial charge in [0, 0.05) is 0 Å². The fourth-order valence-electron chi connectivity index (χ4n) is 0.0481. The maximum atomic E-state index is 4.12. The van der Waals surface area contributed by atoms with E-state index in [1.165, 1.54) is 7.69 Å². The van der Waals surface area contributed by atoms with Crippen molar-refractivity contribution in [1.82, 2.24) is 5.64 Å². The molecular formula is HBNO2. The molecule has 3 nitrogen and oxygen atoms in total. The van der Waals surface area contributed by atoms with Crippen molar-refractivity contribution >= 4 is 7.69 Å². The van der Waals surface area contributed by atoms with Crippen molar-refractivity contribution in [1.29, 1.82) is 0 Å². The number of hydrogen-bond acceptors (Lipinski definition) is 3. The zero-order chi connectivity index (χ0) is 2.83. The molecule has 1 aliphatic rings. The SMILES string of the molecule is [B]1ONO1. The number of nitrogens with one attached hydrogen (secondary N) is 1. The smallest absolute Gasteiger partial charge is 0.305 e. The predicted molar refractivity (Wildman–Crippen MR) is 11.1 cm³/mol. The van der Waals surface area contributed by atoms with Gasteiger partial charge < -0.3 is 9.51 Å². The summed E-state index contributed by atoms with van der Waals surface area (Å²) >= 11 is 0. The molecule has 0 aromatic heterocycles. The third-order valence-corrected chi connectivity index (χ3v) is 0.192. The Morgan fingerprint density at radius 1 is 1.50 bits per heavy atom. The lowest BCUT2D eigenvalue weighted by molar-refractivity contribution is -0.124. The first kappa shape index (κ1) is 2.20. The van der Waals surface area contributed by atoms with Crippen LogP contribution < -0.4 is 5.64 Å². The van der Waals surface area contributed by atoms with Gasteiger partial charge >= 0.3 is 7.69 Å². The van der Waals surface area contributed by atoms with Crippen LogP contribution in [-0.2, 0) is 9.51 Å². The van der Waals surface area contributed by atoms with Crippen LogP contribution in [0.25, 0.3) is 0 Å². The quantitative estimate of drug-likeness (QED) is 0.362. The summed E-state index contributed by atoms with van der Waals surface area (Å²) in [7, 11) is 1.19. The topological polar surface area (TPSA) is 30.5 Å². The predicted octanol–water partition coefficient (Wildman–Crippen LogP) is -1.01. The van der Waals surface area contributed by atoms with E-state index < -0.39 is 0 Å². The molecule has 4 heavy (non-hydrogen) atoms. The monoisotopic (exact) mass is 58.0 g/mol. The summed E-state index contributed by atoms with van der Waals surface area (Å²) in [5.74, 6) is 0. The number of hydrogen-bond donors (Lipinski definition) is 1. The van der Waals surface area contributed by atoms with Crippen molar-refractivity contribution in [3.05, 3.63) is 0 Å². The van der Waals surface area contributed by atoms with Crippen LogP contribution in [0.2, 0.25) is 0 Å². The van der Waals surface area contributed by atoms with Gasteiger partial charge in [-0.25, -0.2) is 0 Å². The molecule has 0 unspecified atom stereocenters. The van der Waals surface area contributed by atoms with Crippen molar-refractivity contribution in [2.24, 2.45) is 0 Å². The Morgan fingerprint density at radius 2 is 1.75 bits per heavy atom. The molecular weight excluding hydrogens is 56.8 g/mol. The van der Waals surface area contributed by atoms with Crippen molar-refractivity contribution in [3.63, 3.8) is 0 Å². The molecule has 4 heteroatoms. The third kappa shape index (κ3) is 0.112. The van der Waals surface area contributed by atoms with Crippen molar-refractivity contribution in [2.45, 2.75) is 0 Å². The lowest BCUT2D eigenvalue weighted by atomic mass is 10.4. The highest BCUT2D eigenvalue weighted by Crippen LogP contribution is 1.71. The molecule has 0 atom stereocenters. The first-order valence-electron chi connectivity index (χ1n) is 0.880. The van der Waals surface area contributed by atoms with E-state index in [0.717, 1.165) is 0 Å². The molecule has 0 amide bonds. The van der Waals surface area contributed by atoms with Crippen LogP contribution in [-0.4, -0.2) is 7.69 Å². The maximum Gasteiger partial charge on any atom is 0.528 e. The van der Waals surface area contributed by atoms with E-state index in [0.29, 0.717) is 0 Å². The summed E-state index contributed by atoms with van der Waals surface area (Å²) in [5.41, 5.74) is 2.06. The highest BCUT2D eigenvalue weighted by Gasteiger charge is 2.00. The van der Waals surface area contributed by atoms with Crippen molar-refractivity contribution in [3.8, 4) is 0 Å². The van der Waals surface area contributed by atoms with E-state index in [1.54, 1.807) is 0 Å². The zero-order valence-corrected chi connectivity index (χ0v) is 1.89. The average molecular weight is 57.8 g/mol. The lowest BCUT2D eigenvalue weighted by Crippen LogP contribution is -2.33. The molecule has 1 radical (unpaired) electrons. The van der Waals surface area contributed by atoms with E-state index in [2.05, 4.69) is 15.2 Å². The molecule has 0 aromatic carbocycles. The molecule has 0 bridgehead atoms. The summed E-state index contributed by atoms with van der Waals surface area (Å²) in [5, 5.41) is 0. The number of rotatable bonds is 0. The molecule has 0 spiro atoms. The minimum absolute atomic E-state index is 1.19. The van der Waals surface area contributed by atoms with Gasteiger partial charge in [0.2, 0.25) is 0 Å². The molecule has 21 valence electrons. The van der Waals surface area contributed by atoms with Crippen LogP contribution in [0.1, 0.15) is 0 Å². The van der Waals surface area contributed by atoms with E-state index in [4.69, 9.17) is 0 Å². The summed E-state index contributed by atoms with van der Waals surface area (Å²) in [4.78, 5) is 0. The Bertz CT molecular complexity index is 14.0. The normalized spacial score (nSPS) is 22.0. The molecule has 0 saturated carbocycles. The van der Waals surface area contributed by atoms with Gasteiger partial charge in [0.05, 0.1) is 0 Å². The molecule has 0 aromatic rings. The van der Waals surface area contributed by atoms with Crippen molar-refractivity contribution in [2.75, 3.05) is 0 Å².